The van der Waals surface area contributed by atoms with Crippen LogP contribution in [0.3, 0.4) is 0 Å². The molecule has 1 N–H and O–H groups in total. The van der Waals surface area contributed by atoms with Gasteiger partial charge in [-0.15, -0.1) is 0 Å². The van der Waals surface area contributed by atoms with Crippen LogP contribution in [-0.2, 0) is 20.7 Å². The monoisotopic (exact) mass is 398 g/mol. The van der Waals surface area contributed by atoms with Crippen LogP contribution in [0.25, 0.3) is 0 Å². The van der Waals surface area contributed by atoms with E-state index in [1.807, 2.05) is 6.07 Å². The zero-order valence-electron chi connectivity index (χ0n) is 16.4. The summed E-state index contributed by atoms with van der Waals surface area (Å²) in [5, 5.41) is 2.22. The molecule has 2 fully saturated rings. The van der Waals surface area contributed by atoms with Gasteiger partial charge in [-0.3, -0.25) is 29.4 Å². The molecule has 29 heavy (non-hydrogen) atoms. The van der Waals surface area contributed by atoms with Gasteiger partial charge in [-0.25, -0.2) is 0 Å². The Bertz CT molecular complexity index is 844. The second-order valence-electron chi connectivity index (χ2n) is 8.02. The molecule has 0 aromatic heterocycles. The van der Waals surface area contributed by atoms with E-state index in [2.05, 4.69) is 5.32 Å². The van der Waals surface area contributed by atoms with Crippen molar-refractivity contribution in [2.45, 2.75) is 69.9 Å². The number of carbonyl (C=O) groups excluding carboxylic acids is 4. The van der Waals surface area contributed by atoms with Crippen LogP contribution in [0.5, 0.6) is 0 Å². The van der Waals surface area contributed by atoms with Crippen molar-refractivity contribution in [2.24, 2.45) is 0 Å². The lowest BCUT2D eigenvalue weighted by Crippen LogP contribution is -2.54. The van der Waals surface area contributed by atoms with Gasteiger partial charge in [-0.05, 0) is 43.7 Å². The molecule has 4 rings (SSSR count). The van der Waals surface area contributed by atoms with E-state index in [1.165, 1.54) is 19.3 Å². The molecule has 7 nitrogen and oxygen atoms in total. The number of ether oxygens (including phenoxy) is 1. The molecule has 0 bridgehead atoms. The van der Waals surface area contributed by atoms with E-state index in [0.29, 0.717) is 30.3 Å². The van der Waals surface area contributed by atoms with Gasteiger partial charge in [0.05, 0.1) is 17.2 Å². The van der Waals surface area contributed by atoms with E-state index in [0.717, 1.165) is 29.7 Å². The van der Waals surface area contributed by atoms with E-state index in [4.69, 9.17) is 4.74 Å². The number of hydrogen-bond donors (Lipinski definition) is 1. The molecule has 7 heteroatoms. The maximum absolute atomic E-state index is 13.0. The summed E-state index contributed by atoms with van der Waals surface area (Å²) < 4.78 is 5.97. The van der Waals surface area contributed by atoms with Gasteiger partial charge in [0.25, 0.3) is 11.8 Å². The van der Waals surface area contributed by atoms with Crippen LogP contribution in [-0.4, -0.2) is 47.3 Å². The molecule has 2 heterocycles. The van der Waals surface area contributed by atoms with E-state index in [-0.39, 0.29) is 18.7 Å². The average molecular weight is 398 g/mol. The zero-order valence-corrected chi connectivity index (χ0v) is 16.4. The minimum atomic E-state index is -0.928. The van der Waals surface area contributed by atoms with Gasteiger partial charge in [0, 0.05) is 13.0 Å². The predicted molar refractivity (Wildman–Crippen MR) is 104 cm³/mol. The topological polar surface area (TPSA) is 92.8 Å². The van der Waals surface area contributed by atoms with Crippen molar-refractivity contribution in [3.63, 3.8) is 0 Å². The summed E-state index contributed by atoms with van der Waals surface area (Å²) in [7, 11) is 0. The Morgan fingerprint density at radius 2 is 1.79 bits per heavy atom. The smallest absolute Gasteiger partial charge is 0.262 e. The van der Waals surface area contributed by atoms with Gasteiger partial charge >= 0.3 is 0 Å². The summed E-state index contributed by atoms with van der Waals surface area (Å²) in [5.74, 6) is -1.86. The second-order valence-corrected chi connectivity index (χ2v) is 8.02. The van der Waals surface area contributed by atoms with Crippen LogP contribution < -0.4 is 5.32 Å². The normalized spacial score (nSPS) is 22.8. The second kappa shape index (κ2) is 8.45. The molecule has 1 aliphatic carbocycles. The number of benzene rings is 1. The Balaban J connectivity index is 1.43. The Kier molecular flexibility index (Phi) is 5.76. The Morgan fingerprint density at radius 3 is 2.55 bits per heavy atom. The van der Waals surface area contributed by atoms with E-state index < -0.39 is 23.8 Å². The molecule has 0 radical (unpaired) electrons. The van der Waals surface area contributed by atoms with Crippen molar-refractivity contribution in [3.8, 4) is 0 Å². The number of nitrogens with one attached hydrogen (secondary N) is 1. The molecular formula is C22H26N2O5. The van der Waals surface area contributed by atoms with Crippen molar-refractivity contribution in [2.75, 3.05) is 6.61 Å². The first-order valence-corrected chi connectivity index (χ1v) is 10.5. The lowest BCUT2D eigenvalue weighted by molar-refractivity contribution is -0.136. The first-order chi connectivity index (χ1) is 14.1. The zero-order chi connectivity index (χ0) is 20.4. The minimum Gasteiger partial charge on any atom is -0.378 e. The molecule has 3 aliphatic rings. The first-order valence-electron chi connectivity index (χ1n) is 10.5. The van der Waals surface area contributed by atoms with Crippen molar-refractivity contribution in [1.29, 1.82) is 0 Å². The predicted octanol–water partition coefficient (Wildman–Crippen LogP) is 2.37. The van der Waals surface area contributed by atoms with Gasteiger partial charge in [0.1, 0.15) is 6.04 Å². The number of piperidine rings is 1. The van der Waals surface area contributed by atoms with Crippen LogP contribution in [0.4, 0.5) is 0 Å². The standard InChI is InChI=1S/C22H26N2O5/c25-18-12-11-17(20(26)23-18)24-21(27)16-10-4-6-14(19(16)22(24)28)7-5-13-29-15-8-2-1-3-9-15/h4,6,10,15,17H,1-3,5,7-9,11-13H2,(H,23,25,26). The Labute approximate surface area is 169 Å². The summed E-state index contributed by atoms with van der Waals surface area (Å²) in [6, 6.07) is 4.33. The largest absolute Gasteiger partial charge is 0.378 e. The summed E-state index contributed by atoms with van der Waals surface area (Å²) in [4.78, 5) is 50.5. The average Bonchev–Trinajstić information content (AvgIpc) is 2.98. The van der Waals surface area contributed by atoms with Gasteiger partial charge in [-0.2, -0.15) is 0 Å². The van der Waals surface area contributed by atoms with Crippen molar-refractivity contribution in [1.82, 2.24) is 10.2 Å². The molecule has 154 valence electrons. The fourth-order valence-electron chi connectivity index (χ4n) is 4.54. The molecule has 1 aromatic carbocycles. The number of amides is 4. The van der Waals surface area contributed by atoms with Gasteiger partial charge < -0.3 is 4.74 Å². The molecule has 1 aromatic rings. The van der Waals surface area contributed by atoms with Gasteiger partial charge in [0.15, 0.2) is 0 Å². The van der Waals surface area contributed by atoms with E-state index in [9.17, 15) is 19.2 Å². The maximum atomic E-state index is 13.0. The van der Waals surface area contributed by atoms with Crippen LogP contribution in [0.2, 0.25) is 0 Å². The molecular weight excluding hydrogens is 372 g/mol. The third kappa shape index (κ3) is 3.96. The van der Waals surface area contributed by atoms with Crippen LogP contribution in [0.1, 0.15) is 77.6 Å². The summed E-state index contributed by atoms with van der Waals surface area (Å²) in [5.41, 5.74) is 1.54. The van der Waals surface area contributed by atoms with Gasteiger partial charge in [0.2, 0.25) is 11.8 Å². The SMILES string of the molecule is O=C1CCC(N2C(=O)c3cccc(CCCOC4CCCCC4)c3C2=O)C(=O)N1. The quantitative estimate of drug-likeness (QED) is 0.587. The van der Waals surface area contributed by atoms with Gasteiger partial charge in [-0.1, -0.05) is 31.4 Å². The molecule has 0 spiro atoms. The van der Waals surface area contributed by atoms with E-state index >= 15 is 0 Å². The number of nitrogens with zero attached hydrogens (tertiary/aromatic N) is 1. The number of imide groups is 2. The van der Waals surface area contributed by atoms with Crippen LogP contribution in [0.15, 0.2) is 18.2 Å². The number of fused-ring (bicyclic) bond motifs is 1. The lowest BCUT2D eigenvalue weighted by Gasteiger charge is -2.27. The molecule has 1 unspecified atom stereocenters. The molecule has 1 atom stereocenters. The maximum Gasteiger partial charge on any atom is 0.262 e. The highest BCUT2D eigenvalue weighted by Gasteiger charge is 2.45. The summed E-state index contributed by atoms with van der Waals surface area (Å²) in [6.45, 7) is 0.632. The first kappa shape index (κ1) is 19.8. The molecule has 1 saturated carbocycles. The number of rotatable bonds is 6. The summed E-state index contributed by atoms with van der Waals surface area (Å²) >= 11 is 0. The molecule has 4 amide bonds. The summed E-state index contributed by atoms with van der Waals surface area (Å²) in [6.07, 6.45) is 8.02. The molecule has 1 saturated heterocycles. The van der Waals surface area contributed by atoms with E-state index in [1.54, 1.807) is 12.1 Å². The van der Waals surface area contributed by atoms with Crippen molar-refractivity contribution in [3.05, 3.63) is 34.9 Å². The minimum absolute atomic E-state index is 0.120. The van der Waals surface area contributed by atoms with Crippen molar-refractivity contribution >= 4 is 23.6 Å². The third-order valence-electron chi connectivity index (χ3n) is 6.05. The highest BCUT2D eigenvalue weighted by atomic mass is 16.5. The third-order valence-corrected chi connectivity index (χ3v) is 6.05. The van der Waals surface area contributed by atoms with Crippen LogP contribution >= 0.6 is 0 Å². The lowest BCUT2D eigenvalue weighted by atomic mass is 9.97. The number of carbonyl (C=O) groups is 4. The fourth-order valence-corrected chi connectivity index (χ4v) is 4.54. The molecule has 2 aliphatic heterocycles. The number of aryl methyl sites for hydroxylation is 1. The highest BCUT2D eigenvalue weighted by Crippen LogP contribution is 2.30. The number of hydrogen-bond acceptors (Lipinski definition) is 5. The Morgan fingerprint density at radius 1 is 1.00 bits per heavy atom. The highest BCUT2D eigenvalue weighted by molar-refractivity contribution is 6.24. The fraction of sp³-hybridized carbons (Fsp3) is 0.545. The Hall–Kier alpha value is -2.54. The van der Waals surface area contributed by atoms with Crippen molar-refractivity contribution < 1.29 is 23.9 Å². The van der Waals surface area contributed by atoms with Crippen LogP contribution in [0, 0.1) is 0 Å².